The van der Waals surface area contributed by atoms with Crippen LogP contribution in [-0.4, -0.2) is 18.9 Å². The average molecular weight is 389 g/mol. The first kappa shape index (κ1) is 20.8. The standard InChI is InChI=1S/C21H25ClN2O3/c1-6-14-9-7-8-13(2)18(14)24-20(26)21(3,4)19(25)23-16-12-15(22)10-11-17(16)27-5/h7-12H,6H2,1-5H3,(H,23,25)(H,24,26). The highest BCUT2D eigenvalue weighted by Gasteiger charge is 2.37. The van der Waals surface area contributed by atoms with Gasteiger partial charge in [-0.2, -0.15) is 0 Å². The van der Waals surface area contributed by atoms with Crippen LogP contribution in [0.3, 0.4) is 0 Å². The summed E-state index contributed by atoms with van der Waals surface area (Å²) in [6.07, 6.45) is 0.781. The zero-order chi connectivity index (χ0) is 20.2. The first-order valence-electron chi connectivity index (χ1n) is 8.75. The minimum Gasteiger partial charge on any atom is -0.495 e. The van der Waals surface area contributed by atoms with Crippen molar-refractivity contribution in [2.45, 2.75) is 34.1 Å². The van der Waals surface area contributed by atoms with E-state index >= 15 is 0 Å². The summed E-state index contributed by atoms with van der Waals surface area (Å²) in [6.45, 7) is 7.11. The van der Waals surface area contributed by atoms with Gasteiger partial charge in [0.2, 0.25) is 11.8 Å². The molecule has 2 N–H and O–H groups in total. The zero-order valence-corrected chi connectivity index (χ0v) is 17.0. The molecule has 0 aliphatic rings. The van der Waals surface area contributed by atoms with Crippen molar-refractivity contribution in [3.05, 3.63) is 52.5 Å². The van der Waals surface area contributed by atoms with Gasteiger partial charge in [-0.15, -0.1) is 0 Å². The number of amides is 2. The van der Waals surface area contributed by atoms with Crippen LogP contribution in [0.5, 0.6) is 5.75 Å². The molecule has 0 saturated heterocycles. The van der Waals surface area contributed by atoms with Crippen LogP contribution in [0.25, 0.3) is 0 Å². The molecule has 0 fully saturated rings. The highest BCUT2D eigenvalue weighted by atomic mass is 35.5. The summed E-state index contributed by atoms with van der Waals surface area (Å²) >= 11 is 6.01. The molecule has 0 heterocycles. The quantitative estimate of drug-likeness (QED) is 0.697. The van der Waals surface area contributed by atoms with E-state index in [1.54, 1.807) is 32.0 Å². The largest absolute Gasteiger partial charge is 0.495 e. The predicted molar refractivity (Wildman–Crippen MR) is 110 cm³/mol. The molecule has 6 heteroatoms. The Hall–Kier alpha value is -2.53. The van der Waals surface area contributed by atoms with E-state index in [0.717, 1.165) is 23.2 Å². The lowest BCUT2D eigenvalue weighted by molar-refractivity contribution is -0.135. The smallest absolute Gasteiger partial charge is 0.239 e. The van der Waals surface area contributed by atoms with Gasteiger partial charge in [-0.05, 0) is 56.5 Å². The minimum atomic E-state index is -1.30. The fourth-order valence-electron chi connectivity index (χ4n) is 2.63. The molecule has 2 aromatic rings. The van der Waals surface area contributed by atoms with Crippen LogP contribution in [0, 0.1) is 12.3 Å². The first-order chi connectivity index (χ1) is 12.7. The van der Waals surface area contributed by atoms with E-state index in [0.29, 0.717) is 16.5 Å². The normalized spacial score (nSPS) is 11.0. The maximum Gasteiger partial charge on any atom is 0.239 e. The Kier molecular flexibility index (Phi) is 6.50. The number of nitrogens with one attached hydrogen (secondary N) is 2. The summed E-state index contributed by atoms with van der Waals surface area (Å²) in [4.78, 5) is 25.7. The number of aryl methyl sites for hydroxylation is 2. The van der Waals surface area contributed by atoms with Crippen LogP contribution in [0.1, 0.15) is 31.9 Å². The number of anilines is 2. The SMILES string of the molecule is CCc1cccc(C)c1NC(=O)C(C)(C)C(=O)Nc1cc(Cl)ccc1OC. The lowest BCUT2D eigenvalue weighted by atomic mass is 9.90. The second-order valence-corrected chi connectivity index (χ2v) is 7.28. The van der Waals surface area contributed by atoms with Crippen molar-refractivity contribution < 1.29 is 14.3 Å². The Labute approximate surface area is 165 Å². The fraction of sp³-hybridized carbons (Fsp3) is 0.333. The number of ether oxygens (including phenoxy) is 1. The minimum absolute atomic E-state index is 0.384. The molecule has 2 rings (SSSR count). The van der Waals surface area contributed by atoms with E-state index in [1.165, 1.54) is 7.11 Å². The monoisotopic (exact) mass is 388 g/mol. The molecular formula is C21H25ClN2O3. The van der Waals surface area contributed by atoms with Gasteiger partial charge < -0.3 is 15.4 Å². The van der Waals surface area contributed by atoms with Crippen LogP contribution in [0.15, 0.2) is 36.4 Å². The second kappa shape index (κ2) is 8.44. The molecule has 2 aromatic carbocycles. The van der Waals surface area contributed by atoms with Gasteiger partial charge in [-0.1, -0.05) is 36.7 Å². The molecule has 0 aliphatic carbocycles. The third-order valence-electron chi connectivity index (χ3n) is 4.52. The first-order valence-corrected chi connectivity index (χ1v) is 9.13. The Morgan fingerprint density at radius 2 is 1.78 bits per heavy atom. The molecule has 0 spiro atoms. The summed E-state index contributed by atoms with van der Waals surface area (Å²) in [5.41, 5.74) is 1.85. The Morgan fingerprint density at radius 1 is 1.11 bits per heavy atom. The Morgan fingerprint density at radius 3 is 2.41 bits per heavy atom. The third kappa shape index (κ3) is 4.61. The number of carbonyl (C=O) groups excluding carboxylic acids is 2. The lowest BCUT2D eigenvalue weighted by Crippen LogP contribution is -2.42. The topological polar surface area (TPSA) is 67.4 Å². The van der Waals surface area contributed by atoms with Crippen molar-refractivity contribution in [2.24, 2.45) is 5.41 Å². The van der Waals surface area contributed by atoms with E-state index in [2.05, 4.69) is 10.6 Å². The molecule has 27 heavy (non-hydrogen) atoms. The van der Waals surface area contributed by atoms with Gasteiger partial charge in [0.25, 0.3) is 0 Å². The van der Waals surface area contributed by atoms with E-state index in [9.17, 15) is 9.59 Å². The summed E-state index contributed by atoms with van der Waals surface area (Å²) < 4.78 is 5.24. The Balaban J connectivity index is 2.24. The van der Waals surface area contributed by atoms with Crippen molar-refractivity contribution in [1.29, 1.82) is 0 Å². The van der Waals surface area contributed by atoms with Crippen LogP contribution in [0.2, 0.25) is 5.02 Å². The van der Waals surface area contributed by atoms with Gasteiger partial charge in [0, 0.05) is 10.7 Å². The van der Waals surface area contributed by atoms with Gasteiger partial charge in [0.15, 0.2) is 0 Å². The van der Waals surface area contributed by atoms with Crippen molar-refractivity contribution in [2.75, 3.05) is 17.7 Å². The van der Waals surface area contributed by atoms with Gasteiger partial charge >= 0.3 is 0 Å². The highest BCUT2D eigenvalue weighted by molar-refractivity contribution is 6.31. The van der Waals surface area contributed by atoms with Gasteiger partial charge in [-0.3, -0.25) is 9.59 Å². The number of hydrogen-bond donors (Lipinski definition) is 2. The molecule has 2 amide bonds. The van der Waals surface area contributed by atoms with Crippen LogP contribution in [0.4, 0.5) is 11.4 Å². The number of benzene rings is 2. The number of hydrogen-bond acceptors (Lipinski definition) is 3. The summed E-state index contributed by atoms with van der Waals surface area (Å²) in [5.74, 6) is -0.367. The van der Waals surface area contributed by atoms with Gasteiger partial charge in [0.1, 0.15) is 11.2 Å². The molecule has 0 atom stereocenters. The number of rotatable bonds is 6. The van der Waals surface area contributed by atoms with Crippen molar-refractivity contribution in [3.8, 4) is 5.75 Å². The molecular weight excluding hydrogens is 364 g/mol. The molecule has 5 nitrogen and oxygen atoms in total. The molecule has 0 bridgehead atoms. The van der Waals surface area contributed by atoms with Crippen molar-refractivity contribution >= 4 is 34.8 Å². The van der Waals surface area contributed by atoms with Crippen LogP contribution in [-0.2, 0) is 16.0 Å². The van der Waals surface area contributed by atoms with Crippen molar-refractivity contribution in [1.82, 2.24) is 0 Å². The highest BCUT2D eigenvalue weighted by Crippen LogP contribution is 2.30. The molecule has 0 unspecified atom stereocenters. The average Bonchev–Trinajstić information content (AvgIpc) is 2.63. The van der Waals surface area contributed by atoms with E-state index in [-0.39, 0.29) is 5.91 Å². The zero-order valence-electron chi connectivity index (χ0n) is 16.3. The van der Waals surface area contributed by atoms with E-state index in [1.807, 2.05) is 32.0 Å². The summed E-state index contributed by atoms with van der Waals surface area (Å²) in [7, 11) is 1.50. The molecule has 0 radical (unpaired) electrons. The third-order valence-corrected chi connectivity index (χ3v) is 4.76. The molecule has 144 valence electrons. The maximum atomic E-state index is 12.9. The van der Waals surface area contributed by atoms with Crippen LogP contribution >= 0.6 is 11.6 Å². The van der Waals surface area contributed by atoms with Crippen LogP contribution < -0.4 is 15.4 Å². The predicted octanol–water partition coefficient (Wildman–Crippen LogP) is 4.82. The second-order valence-electron chi connectivity index (χ2n) is 6.84. The fourth-order valence-corrected chi connectivity index (χ4v) is 2.80. The van der Waals surface area contributed by atoms with Crippen molar-refractivity contribution in [3.63, 3.8) is 0 Å². The number of methoxy groups -OCH3 is 1. The number of para-hydroxylation sites is 1. The lowest BCUT2D eigenvalue weighted by Gasteiger charge is -2.24. The number of halogens is 1. The summed E-state index contributed by atoms with van der Waals surface area (Å²) in [5, 5.41) is 6.12. The summed E-state index contributed by atoms with van der Waals surface area (Å²) in [6, 6.07) is 10.8. The number of carbonyl (C=O) groups is 2. The van der Waals surface area contributed by atoms with Gasteiger partial charge in [0.05, 0.1) is 12.8 Å². The molecule has 0 saturated carbocycles. The maximum absolute atomic E-state index is 12.9. The van der Waals surface area contributed by atoms with E-state index in [4.69, 9.17) is 16.3 Å². The van der Waals surface area contributed by atoms with E-state index < -0.39 is 11.3 Å². The Bertz CT molecular complexity index is 863. The molecule has 0 aromatic heterocycles. The molecule has 0 aliphatic heterocycles. The van der Waals surface area contributed by atoms with Gasteiger partial charge in [-0.25, -0.2) is 0 Å².